The van der Waals surface area contributed by atoms with Crippen molar-refractivity contribution in [1.29, 1.82) is 0 Å². The number of nitrogens with two attached hydrogens (primary N) is 1. The molecule has 0 aliphatic carbocycles. The first-order valence-electron chi connectivity index (χ1n) is 10.9. The number of primary amides is 1. The van der Waals surface area contributed by atoms with Gasteiger partial charge in [0.05, 0.1) is 11.1 Å². The van der Waals surface area contributed by atoms with Crippen LogP contribution in [0.5, 0.6) is 5.75 Å². The van der Waals surface area contributed by atoms with E-state index < -0.39 is 24.3 Å². The van der Waals surface area contributed by atoms with Gasteiger partial charge in [0.15, 0.2) is 6.61 Å². The zero-order chi connectivity index (χ0) is 24.2. The van der Waals surface area contributed by atoms with Crippen LogP contribution in [0.15, 0.2) is 73.1 Å². The molecule has 0 spiro atoms. The van der Waals surface area contributed by atoms with E-state index >= 15 is 0 Å². The number of carboxylic acids is 1. The fourth-order valence-corrected chi connectivity index (χ4v) is 4.13. The molecule has 0 unspecified atom stereocenters. The summed E-state index contributed by atoms with van der Waals surface area (Å²) in [5.41, 5.74) is 10.4. The van der Waals surface area contributed by atoms with Crippen molar-refractivity contribution in [3.63, 3.8) is 0 Å². The minimum absolute atomic E-state index is 0.305. The first-order valence-corrected chi connectivity index (χ1v) is 10.9. The van der Waals surface area contributed by atoms with Crippen LogP contribution >= 0.6 is 0 Å². The monoisotopic (exact) mass is 456 g/mol. The number of amides is 1. The summed E-state index contributed by atoms with van der Waals surface area (Å²) in [7, 11) is 0. The van der Waals surface area contributed by atoms with E-state index in [2.05, 4.69) is 0 Å². The fraction of sp³-hybridized carbons (Fsp3) is 0.148. The highest BCUT2D eigenvalue weighted by atomic mass is 16.5. The summed E-state index contributed by atoms with van der Waals surface area (Å²) < 4.78 is 7.46. The Bertz CT molecular complexity index is 1390. The van der Waals surface area contributed by atoms with E-state index in [1.165, 1.54) is 0 Å². The van der Waals surface area contributed by atoms with Gasteiger partial charge in [0.25, 0.3) is 11.7 Å². The Morgan fingerprint density at radius 3 is 2.38 bits per heavy atom. The van der Waals surface area contributed by atoms with Gasteiger partial charge in [-0.1, -0.05) is 55.5 Å². The van der Waals surface area contributed by atoms with Gasteiger partial charge in [0.1, 0.15) is 5.75 Å². The number of carbonyl (C=O) groups excluding carboxylic acids is 2. The second-order valence-corrected chi connectivity index (χ2v) is 7.91. The van der Waals surface area contributed by atoms with Crippen molar-refractivity contribution < 1.29 is 24.2 Å². The van der Waals surface area contributed by atoms with Crippen LogP contribution in [0.3, 0.4) is 0 Å². The van der Waals surface area contributed by atoms with Crippen LogP contribution in [0.25, 0.3) is 16.6 Å². The van der Waals surface area contributed by atoms with Crippen molar-refractivity contribution in [2.45, 2.75) is 19.8 Å². The summed E-state index contributed by atoms with van der Waals surface area (Å²) in [6, 6.07) is 19.1. The van der Waals surface area contributed by atoms with E-state index in [1.807, 2.05) is 84.4 Å². The molecule has 3 N–H and O–H groups in total. The lowest BCUT2D eigenvalue weighted by atomic mass is 9.96. The predicted octanol–water partition coefficient (Wildman–Crippen LogP) is 3.89. The molecule has 0 saturated carbocycles. The number of carboxylic acid groups (broad SMARTS) is 1. The van der Waals surface area contributed by atoms with Crippen LogP contribution in [-0.4, -0.2) is 33.8 Å². The average molecular weight is 456 g/mol. The maximum absolute atomic E-state index is 12.7. The highest BCUT2D eigenvalue weighted by molar-refractivity contribution is 6.44. The van der Waals surface area contributed by atoms with Crippen LogP contribution in [0, 0.1) is 0 Å². The van der Waals surface area contributed by atoms with Crippen molar-refractivity contribution in [2.24, 2.45) is 5.73 Å². The van der Waals surface area contributed by atoms with Gasteiger partial charge in [-0.2, -0.15) is 0 Å². The summed E-state index contributed by atoms with van der Waals surface area (Å²) in [5.74, 6) is -2.37. The molecular formula is C27H24N2O5. The Labute approximate surface area is 196 Å². The highest BCUT2D eigenvalue weighted by Gasteiger charge is 2.23. The molecule has 0 saturated heterocycles. The number of ether oxygens (including phenoxy) is 1. The number of aromatic nitrogens is 1. The number of fused-ring (bicyclic) bond motifs is 1. The number of aryl methyl sites for hydroxylation is 1. The molecule has 0 fully saturated rings. The van der Waals surface area contributed by atoms with E-state index in [4.69, 9.17) is 15.6 Å². The van der Waals surface area contributed by atoms with Gasteiger partial charge < -0.3 is 20.0 Å². The summed E-state index contributed by atoms with van der Waals surface area (Å²) in [6.07, 6.45) is 4.57. The van der Waals surface area contributed by atoms with Gasteiger partial charge in [-0.3, -0.25) is 9.59 Å². The van der Waals surface area contributed by atoms with Crippen molar-refractivity contribution >= 4 is 23.2 Å². The third-order valence-electron chi connectivity index (χ3n) is 5.70. The molecule has 0 aliphatic rings. The molecule has 1 amide bonds. The van der Waals surface area contributed by atoms with E-state index in [0.29, 0.717) is 29.7 Å². The molecule has 0 bridgehead atoms. The van der Waals surface area contributed by atoms with Gasteiger partial charge in [-0.05, 0) is 46.4 Å². The predicted molar refractivity (Wildman–Crippen MR) is 128 cm³/mol. The standard InChI is InChI=1S/C27H24N2O5/c1-2-17-15-29-12-6-9-21(25(29)24(17)26(32)27(28)33)13-20-11-10-19(18-7-4-3-5-8-18)14-22(20)34-16-23(30)31/h3-12,14-15H,2,13,16H2,1H3,(H2,28,33)(H,30,31). The number of nitrogens with zero attached hydrogens (tertiary/aromatic N) is 1. The normalized spacial score (nSPS) is 10.9. The maximum Gasteiger partial charge on any atom is 0.341 e. The zero-order valence-corrected chi connectivity index (χ0v) is 18.7. The second-order valence-electron chi connectivity index (χ2n) is 7.91. The third kappa shape index (κ3) is 4.54. The second kappa shape index (κ2) is 9.62. The maximum atomic E-state index is 12.7. The van der Waals surface area contributed by atoms with Crippen molar-refractivity contribution in [3.8, 4) is 16.9 Å². The number of carbonyl (C=O) groups is 3. The SMILES string of the molecule is CCc1cn2cccc(Cc3ccc(-c4ccccc4)cc3OCC(=O)O)c2c1C(=O)C(N)=O. The number of hydrogen-bond donors (Lipinski definition) is 2. The molecule has 2 aromatic heterocycles. The number of Topliss-reactive ketones (excluding diaryl/α,β-unsaturated/α-hetero) is 1. The molecule has 172 valence electrons. The Hall–Kier alpha value is -4.39. The minimum atomic E-state index is -1.08. The average Bonchev–Trinajstić information content (AvgIpc) is 3.23. The van der Waals surface area contributed by atoms with Crippen molar-refractivity contribution in [1.82, 2.24) is 4.40 Å². The smallest absolute Gasteiger partial charge is 0.341 e. The Morgan fingerprint density at radius 2 is 1.71 bits per heavy atom. The van der Waals surface area contributed by atoms with Crippen LogP contribution < -0.4 is 10.5 Å². The molecule has 4 aromatic rings. The molecule has 0 aliphatic heterocycles. The number of rotatable bonds is 9. The lowest BCUT2D eigenvalue weighted by molar-refractivity contribution is -0.139. The molecule has 0 radical (unpaired) electrons. The molecule has 0 atom stereocenters. The topological polar surface area (TPSA) is 111 Å². The first-order chi connectivity index (χ1) is 16.4. The highest BCUT2D eigenvalue weighted by Crippen LogP contribution is 2.31. The fourth-order valence-electron chi connectivity index (χ4n) is 4.13. The van der Waals surface area contributed by atoms with Crippen LogP contribution in [0.4, 0.5) is 0 Å². The lowest BCUT2D eigenvalue weighted by Gasteiger charge is -2.14. The van der Waals surface area contributed by atoms with Crippen LogP contribution in [0.1, 0.15) is 34.0 Å². The summed E-state index contributed by atoms with van der Waals surface area (Å²) >= 11 is 0. The summed E-state index contributed by atoms with van der Waals surface area (Å²) in [5, 5.41) is 9.15. The Kier molecular flexibility index (Phi) is 6.45. The van der Waals surface area contributed by atoms with Crippen LogP contribution in [0.2, 0.25) is 0 Å². The Morgan fingerprint density at radius 1 is 0.941 bits per heavy atom. The first kappa shape index (κ1) is 22.8. The number of ketones is 1. The van der Waals surface area contributed by atoms with Gasteiger partial charge in [0, 0.05) is 18.8 Å². The van der Waals surface area contributed by atoms with E-state index in [-0.39, 0.29) is 0 Å². The molecular weight excluding hydrogens is 432 g/mol. The van der Waals surface area contributed by atoms with Crippen LogP contribution in [-0.2, 0) is 22.4 Å². The number of aliphatic carboxylic acids is 1. The van der Waals surface area contributed by atoms with Crippen molar-refractivity contribution in [3.05, 3.63) is 95.3 Å². The molecule has 4 rings (SSSR count). The number of benzene rings is 2. The quantitative estimate of drug-likeness (QED) is 0.293. The minimum Gasteiger partial charge on any atom is -0.482 e. The molecule has 34 heavy (non-hydrogen) atoms. The molecule has 7 heteroatoms. The van der Waals surface area contributed by atoms with Gasteiger partial charge in [0.2, 0.25) is 0 Å². The summed E-state index contributed by atoms with van der Waals surface area (Å²) in [6.45, 7) is 1.43. The van der Waals surface area contributed by atoms with Gasteiger partial charge >= 0.3 is 5.97 Å². The van der Waals surface area contributed by atoms with E-state index in [0.717, 1.165) is 27.8 Å². The van der Waals surface area contributed by atoms with Crippen molar-refractivity contribution in [2.75, 3.05) is 6.61 Å². The molecule has 2 aromatic carbocycles. The van der Waals surface area contributed by atoms with Gasteiger partial charge in [-0.25, -0.2) is 4.79 Å². The third-order valence-corrected chi connectivity index (χ3v) is 5.70. The van der Waals surface area contributed by atoms with E-state index in [1.54, 1.807) is 0 Å². The zero-order valence-electron chi connectivity index (χ0n) is 18.7. The molecule has 2 heterocycles. The number of pyridine rings is 1. The largest absolute Gasteiger partial charge is 0.482 e. The Balaban J connectivity index is 1.82. The number of hydrogen-bond acceptors (Lipinski definition) is 4. The van der Waals surface area contributed by atoms with Gasteiger partial charge in [-0.15, -0.1) is 0 Å². The molecule has 7 nitrogen and oxygen atoms in total. The summed E-state index contributed by atoms with van der Waals surface area (Å²) in [4.78, 5) is 35.6. The van der Waals surface area contributed by atoms with E-state index in [9.17, 15) is 14.4 Å². The lowest BCUT2D eigenvalue weighted by Crippen LogP contribution is -2.24.